The number of benzene rings is 3. The highest BCUT2D eigenvalue weighted by atomic mass is 32.2. The first-order valence-electron chi connectivity index (χ1n) is 9.42. The van der Waals surface area contributed by atoms with Crippen molar-refractivity contribution >= 4 is 23.4 Å². The Labute approximate surface area is 178 Å². The van der Waals surface area contributed by atoms with Crippen molar-refractivity contribution in [2.24, 2.45) is 0 Å². The summed E-state index contributed by atoms with van der Waals surface area (Å²) in [5.41, 5.74) is 1.97. The van der Waals surface area contributed by atoms with Crippen LogP contribution in [0.4, 0.5) is 10.1 Å². The summed E-state index contributed by atoms with van der Waals surface area (Å²) in [5.74, 6) is -0.0955. The number of halogens is 1. The molecular formula is C23H19FN4OS. The van der Waals surface area contributed by atoms with E-state index >= 15 is 0 Å². The van der Waals surface area contributed by atoms with Gasteiger partial charge in [0.2, 0.25) is 5.91 Å². The zero-order chi connectivity index (χ0) is 20.9. The first-order chi connectivity index (χ1) is 14.6. The third-order valence-electron chi connectivity index (χ3n) is 4.46. The number of aromatic nitrogens is 3. The lowest BCUT2D eigenvalue weighted by Crippen LogP contribution is -2.23. The van der Waals surface area contributed by atoms with Gasteiger partial charge in [0.15, 0.2) is 11.0 Å². The average Bonchev–Trinajstić information content (AvgIpc) is 3.20. The number of para-hydroxylation sites is 2. The molecule has 1 amide bonds. The molecule has 5 nitrogen and oxygen atoms in total. The standard InChI is InChI=1S/C23H19FN4OS/c1-16(22(29)25-20-15-9-8-14-19(20)24)30-23-27-26-21(17-10-4-2-5-11-17)28(23)18-12-6-3-7-13-18/h2-16H,1H3,(H,25,29)/t16-/m1/s1. The number of rotatable bonds is 6. The Morgan fingerprint density at radius 1 is 0.933 bits per heavy atom. The second-order valence-corrected chi connectivity index (χ2v) is 7.88. The van der Waals surface area contributed by atoms with Crippen molar-refractivity contribution < 1.29 is 9.18 Å². The summed E-state index contributed by atoms with van der Waals surface area (Å²) in [5, 5.41) is 11.4. The van der Waals surface area contributed by atoms with Crippen molar-refractivity contribution in [2.75, 3.05) is 5.32 Å². The number of carbonyl (C=O) groups is 1. The van der Waals surface area contributed by atoms with Crippen molar-refractivity contribution in [3.8, 4) is 17.1 Å². The van der Waals surface area contributed by atoms with Gasteiger partial charge in [-0.1, -0.05) is 72.4 Å². The maximum absolute atomic E-state index is 13.9. The van der Waals surface area contributed by atoms with Crippen molar-refractivity contribution in [3.63, 3.8) is 0 Å². The van der Waals surface area contributed by atoms with Gasteiger partial charge in [-0.05, 0) is 31.2 Å². The van der Waals surface area contributed by atoms with Crippen LogP contribution in [0.1, 0.15) is 6.92 Å². The molecule has 0 aliphatic heterocycles. The molecule has 1 heterocycles. The molecule has 4 aromatic rings. The number of thioether (sulfide) groups is 1. The molecule has 0 aliphatic carbocycles. The van der Waals surface area contributed by atoms with Gasteiger partial charge < -0.3 is 5.32 Å². The van der Waals surface area contributed by atoms with E-state index in [2.05, 4.69) is 15.5 Å². The Kier molecular flexibility index (Phi) is 5.90. The van der Waals surface area contributed by atoms with Crippen LogP contribution in [-0.4, -0.2) is 25.9 Å². The van der Waals surface area contributed by atoms with Gasteiger partial charge in [-0.3, -0.25) is 9.36 Å². The second kappa shape index (κ2) is 8.92. The summed E-state index contributed by atoms with van der Waals surface area (Å²) < 4.78 is 15.8. The number of hydrogen-bond donors (Lipinski definition) is 1. The molecule has 4 rings (SSSR count). The zero-order valence-corrected chi connectivity index (χ0v) is 17.0. The van der Waals surface area contributed by atoms with Gasteiger partial charge in [-0.15, -0.1) is 10.2 Å². The Bertz CT molecular complexity index is 1150. The van der Waals surface area contributed by atoms with Gasteiger partial charge in [-0.25, -0.2) is 4.39 Å². The van der Waals surface area contributed by atoms with E-state index in [1.807, 2.05) is 65.2 Å². The highest BCUT2D eigenvalue weighted by Gasteiger charge is 2.22. The van der Waals surface area contributed by atoms with E-state index in [-0.39, 0.29) is 11.6 Å². The van der Waals surface area contributed by atoms with Crippen LogP contribution in [0.5, 0.6) is 0 Å². The number of hydrogen-bond acceptors (Lipinski definition) is 4. The minimum atomic E-state index is -0.514. The lowest BCUT2D eigenvalue weighted by Gasteiger charge is -2.14. The smallest absolute Gasteiger partial charge is 0.237 e. The molecule has 0 unspecified atom stereocenters. The topological polar surface area (TPSA) is 59.8 Å². The van der Waals surface area contributed by atoms with Crippen LogP contribution in [0.15, 0.2) is 90.1 Å². The zero-order valence-electron chi connectivity index (χ0n) is 16.2. The maximum atomic E-state index is 13.9. The third kappa shape index (κ3) is 4.26. The molecular weight excluding hydrogens is 399 g/mol. The van der Waals surface area contributed by atoms with Crippen LogP contribution in [0.25, 0.3) is 17.1 Å². The maximum Gasteiger partial charge on any atom is 0.237 e. The van der Waals surface area contributed by atoms with Crippen molar-refractivity contribution in [3.05, 3.63) is 90.7 Å². The monoisotopic (exact) mass is 418 g/mol. The summed E-state index contributed by atoms with van der Waals surface area (Å²) in [6.45, 7) is 1.76. The summed E-state index contributed by atoms with van der Waals surface area (Å²) in [6, 6.07) is 25.6. The fourth-order valence-corrected chi connectivity index (χ4v) is 3.81. The first-order valence-corrected chi connectivity index (χ1v) is 10.3. The van der Waals surface area contributed by atoms with E-state index in [0.29, 0.717) is 11.0 Å². The lowest BCUT2D eigenvalue weighted by atomic mass is 10.2. The minimum absolute atomic E-state index is 0.157. The van der Waals surface area contributed by atoms with Crippen LogP contribution >= 0.6 is 11.8 Å². The average molecular weight is 418 g/mol. The third-order valence-corrected chi connectivity index (χ3v) is 5.51. The number of nitrogens with zero attached hydrogens (tertiary/aromatic N) is 3. The van der Waals surface area contributed by atoms with Crippen LogP contribution in [0, 0.1) is 5.82 Å². The van der Waals surface area contributed by atoms with Crippen LogP contribution < -0.4 is 5.32 Å². The molecule has 3 aromatic carbocycles. The molecule has 0 fully saturated rings. The Hall–Kier alpha value is -3.45. The highest BCUT2D eigenvalue weighted by Crippen LogP contribution is 2.30. The van der Waals surface area contributed by atoms with E-state index in [1.54, 1.807) is 19.1 Å². The van der Waals surface area contributed by atoms with Gasteiger partial charge >= 0.3 is 0 Å². The quantitative estimate of drug-likeness (QED) is 0.438. The summed E-state index contributed by atoms with van der Waals surface area (Å²) in [7, 11) is 0. The van der Waals surface area contributed by atoms with E-state index in [0.717, 1.165) is 11.3 Å². The summed E-state index contributed by atoms with van der Waals surface area (Å²) in [4.78, 5) is 12.6. The van der Waals surface area contributed by atoms with Crippen molar-refractivity contribution in [2.45, 2.75) is 17.3 Å². The molecule has 0 aliphatic rings. The normalized spacial score (nSPS) is 11.8. The van der Waals surface area contributed by atoms with Gasteiger partial charge in [-0.2, -0.15) is 0 Å². The minimum Gasteiger partial charge on any atom is -0.323 e. The SMILES string of the molecule is C[C@@H](Sc1nnc(-c2ccccc2)n1-c1ccccc1)C(=O)Nc1ccccc1F. The van der Waals surface area contributed by atoms with Gasteiger partial charge in [0.25, 0.3) is 0 Å². The number of anilines is 1. The predicted octanol–water partition coefficient (Wildman–Crippen LogP) is 5.19. The van der Waals surface area contributed by atoms with Crippen molar-refractivity contribution in [1.82, 2.24) is 14.8 Å². The highest BCUT2D eigenvalue weighted by molar-refractivity contribution is 8.00. The van der Waals surface area contributed by atoms with E-state index in [1.165, 1.54) is 23.9 Å². The van der Waals surface area contributed by atoms with Crippen LogP contribution in [-0.2, 0) is 4.79 Å². The Balaban J connectivity index is 1.63. The molecule has 1 aromatic heterocycles. The lowest BCUT2D eigenvalue weighted by molar-refractivity contribution is -0.115. The van der Waals surface area contributed by atoms with Crippen LogP contribution in [0.2, 0.25) is 0 Å². The molecule has 0 saturated heterocycles. The predicted molar refractivity (Wildman–Crippen MR) is 117 cm³/mol. The first kappa shape index (κ1) is 19.8. The number of amides is 1. The second-order valence-electron chi connectivity index (χ2n) is 6.57. The molecule has 150 valence electrons. The number of carbonyl (C=O) groups excluding carboxylic acids is 1. The van der Waals surface area contributed by atoms with Gasteiger partial charge in [0.05, 0.1) is 10.9 Å². The van der Waals surface area contributed by atoms with Crippen molar-refractivity contribution in [1.29, 1.82) is 0 Å². The Morgan fingerprint density at radius 2 is 1.57 bits per heavy atom. The fourth-order valence-electron chi connectivity index (χ4n) is 2.94. The van der Waals surface area contributed by atoms with Gasteiger partial charge in [0, 0.05) is 11.3 Å². The Morgan fingerprint density at radius 3 is 2.27 bits per heavy atom. The molecule has 0 radical (unpaired) electrons. The molecule has 0 bridgehead atoms. The number of nitrogens with one attached hydrogen (secondary N) is 1. The molecule has 1 N–H and O–H groups in total. The van der Waals surface area contributed by atoms with E-state index in [9.17, 15) is 9.18 Å². The molecule has 7 heteroatoms. The molecule has 0 saturated carbocycles. The fraction of sp³-hybridized carbons (Fsp3) is 0.0870. The summed E-state index contributed by atoms with van der Waals surface area (Å²) in [6.07, 6.45) is 0. The van der Waals surface area contributed by atoms with Crippen LogP contribution in [0.3, 0.4) is 0 Å². The molecule has 0 spiro atoms. The molecule has 1 atom stereocenters. The van der Waals surface area contributed by atoms with Gasteiger partial charge in [0.1, 0.15) is 5.82 Å². The van der Waals surface area contributed by atoms with E-state index in [4.69, 9.17) is 0 Å². The summed E-state index contributed by atoms with van der Waals surface area (Å²) >= 11 is 1.27. The van der Waals surface area contributed by atoms with E-state index < -0.39 is 11.1 Å². The largest absolute Gasteiger partial charge is 0.323 e. The molecule has 30 heavy (non-hydrogen) atoms.